The lowest BCUT2D eigenvalue weighted by Gasteiger charge is -2.03. The Bertz CT molecular complexity index is 223. The van der Waals surface area contributed by atoms with Crippen LogP contribution in [0.1, 0.15) is 57.2 Å². The summed E-state index contributed by atoms with van der Waals surface area (Å²) in [6, 6.07) is 4.41. The van der Waals surface area contributed by atoms with E-state index in [0.29, 0.717) is 0 Å². The minimum absolute atomic E-state index is 0.885. The Hall–Kier alpha value is -0.300. The molecule has 0 atom stereocenters. The van der Waals surface area contributed by atoms with Gasteiger partial charge in [0.2, 0.25) is 0 Å². The van der Waals surface area contributed by atoms with Crippen molar-refractivity contribution in [1.29, 1.82) is 0 Å². The summed E-state index contributed by atoms with van der Waals surface area (Å²) in [6.07, 6.45) is 9.78. The number of hydrogen-bond acceptors (Lipinski definition) is 1. The second-order valence-corrected chi connectivity index (χ2v) is 5.81. The Balaban J connectivity index is 1.85. The monoisotopic (exact) mass is 224 g/mol. The first kappa shape index (κ1) is 12.8. The number of unbranched alkanes of at least 4 members (excludes halogenated alkanes) is 4. The van der Waals surface area contributed by atoms with Crippen molar-refractivity contribution in [3.63, 3.8) is 0 Å². The maximum Gasteiger partial charge on any atom is 0.00452 e. The van der Waals surface area contributed by atoms with Crippen molar-refractivity contribution < 1.29 is 0 Å². The first-order valence-electron chi connectivity index (χ1n) is 6.31. The molecule has 1 aromatic rings. The van der Waals surface area contributed by atoms with Gasteiger partial charge in [0.05, 0.1) is 0 Å². The second kappa shape index (κ2) is 7.92. The third kappa shape index (κ3) is 6.72. The standard InChI is InChI=1S/C14H24S/c1-13(2)9-6-4-3-5-7-10-14-11-8-12-15-14/h8,11-13H,3-7,9-10H2,1-2H3. The van der Waals surface area contributed by atoms with Crippen molar-refractivity contribution in [2.24, 2.45) is 5.92 Å². The second-order valence-electron chi connectivity index (χ2n) is 4.78. The van der Waals surface area contributed by atoms with E-state index in [1.807, 2.05) is 11.3 Å². The molecule has 0 radical (unpaired) electrons. The number of rotatable bonds is 8. The van der Waals surface area contributed by atoms with Crippen molar-refractivity contribution in [2.45, 2.75) is 58.8 Å². The Morgan fingerprint density at radius 3 is 2.47 bits per heavy atom. The maximum absolute atomic E-state index is 2.32. The summed E-state index contributed by atoms with van der Waals surface area (Å²) in [5.74, 6) is 0.885. The molecule has 86 valence electrons. The van der Waals surface area contributed by atoms with E-state index >= 15 is 0 Å². The molecule has 1 rings (SSSR count). The van der Waals surface area contributed by atoms with Crippen LogP contribution in [0.4, 0.5) is 0 Å². The van der Waals surface area contributed by atoms with Gasteiger partial charge in [-0.2, -0.15) is 0 Å². The minimum atomic E-state index is 0.885. The first-order chi connectivity index (χ1) is 7.29. The van der Waals surface area contributed by atoms with Crippen LogP contribution in [-0.2, 0) is 6.42 Å². The molecule has 0 nitrogen and oxygen atoms in total. The van der Waals surface area contributed by atoms with E-state index in [2.05, 4.69) is 31.4 Å². The third-order valence-electron chi connectivity index (χ3n) is 2.78. The van der Waals surface area contributed by atoms with E-state index in [4.69, 9.17) is 0 Å². The highest BCUT2D eigenvalue weighted by molar-refractivity contribution is 7.09. The van der Waals surface area contributed by atoms with Crippen LogP contribution in [0.15, 0.2) is 17.5 Å². The smallest absolute Gasteiger partial charge is 0.00452 e. The number of aryl methyl sites for hydroxylation is 1. The zero-order valence-electron chi connectivity index (χ0n) is 10.2. The van der Waals surface area contributed by atoms with Crippen LogP contribution in [0, 0.1) is 5.92 Å². The van der Waals surface area contributed by atoms with Crippen LogP contribution >= 0.6 is 11.3 Å². The number of thiophene rings is 1. The van der Waals surface area contributed by atoms with Gasteiger partial charge in [-0.1, -0.05) is 52.0 Å². The Morgan fingerprint density at radius 2 is 1.80 bits per heavy atom. The average molecular weight is 224 g/mol. The van der Waals surface area contributed by atoms with Gasteiger partial charge in [-0.3, -0.25) is 0 Å². The lowest BCUT2D eigenvalue weighted by atomic mass is 10.0. The van der Waals surface area contributed by atoms with Crippen molar-refractivity contribution in [1.82, 2.24) is 0 Å². The largest absolute Gasteiger partial charge is 0.149 e. The zero-order chi connectivity index (χ0) is 10.9. The summed E-state index contributed by atoms with van der Waals surface area (Å²) in [7, 11) is 0. The summed E-state index contributed by atoms with van der Waals surface area (Å²) in [4.78, 5) is 1.55. The molecule has 0 aliphatic heterocycles. The van der Waals surface area contributed by atoms with Crippen molar-refractivity contribution >= 4 is 11.3 Å². The molecule has 0 aromatic carbocycles. The molecule has 0 amide bonds. The van der Waals surface area contributed by atoms with Crippen molar-refractivity contribution in [2.75, 3.05) is 0 Å². The molecule has 0 saturated carbocycles. The van der Waals surface area contributed by atoms with Crippen LogP contribution < -0.4 is 0 Å². The third-order valence-corrected chi connectivity index (χ3v) is 3.72. The van der Waals surface area contributed by atoms with Gasteiger partial charge in [0.25, 0.3) is 0 Å². The molecule has 1 heteroatoms. The Kier molecular flexibility index (Phi) is 6.74. The summed E-state index contributed by atoms with van der Waals surface area (Å²) < 4.78 is 0. The van der Waals surface area contributed by atoms with E-state index in [1.54, 1.807) is 4.88 Å². The van der Waals surface area contributed by atoms with Crippen LogP contribution in [-0.4, -0.2) is 0 Å². The van der Waals surface area contributed by atoms with Gasteiger partial charge in [0.1, 0.15) is 0 Å². The maximum atomic E-state index is 2.32. The minimum Gasteiger partial charge on any atom is -0.149 e. The predicted octanol–water partition coefficient (Wildman–Crippen LogP) is 5.29. The summed E-state index contributed by atoms with van der Waals surface area (Å²) in [5.41, 5.74) is 0. The SMILES string of the molecule is CC(C)CCCCCCCc1cccs1. The summed E-state index contributed by atoms with van der Waals surface area (Å²) in [5, 5.41) is 2.18. The molecule has 0 aliphatic rings. The van der Waals surface area contributed by atoms with Crippen LogP contribution in [0.25, 0.3) is 0 Å². The van der Waals surface area contributed by atoms with E-state index in [-0.39, 0.29) is 0 Å². The molecule has 0 fully saturated rings. The Labute approximate surface area is 98.7 Å². The van der Waals surface area contributed by atoms with Gasteiger partial charge in [0.15, 0.2) is 0 Å². The van der Waals surface area contributed by atoms with E-state index in [1.165, 1.54) is 44.9 Å². The quantitative estimate of drug-likeness (QED) is 0.526. The van der Waals surface area contributed by atoms with Gasteiger partial charge < -0.3 is 0 Å². The average Bonchev–Trinajstić information content (AvgIpc) is 2.68. The summed E-state index contributed by atoms with van der Waals surface area (Å²) in [6.45, 7) is 4.63. The molecule has 0 N–H and O–H groups in total. The normalized spacial score (nSPS) is 11.1. The van der Waals surface area contributed by atoms with Crippen molar-refractivity contribution in [3.8, 4) is 0 Å². The van der Waals surface area contributed by atoms with Gasteiger partial charge in [-0.25, -0.2) is 0 Å². The fourth-order valence-corrected chi connectivity index (χ4v) is 2.59. The predicted molar refractivity (Wildman–Crippen MR) is 70.6 cm³/mol. The topological polar surface area (TPSA) is 0 Å². The van der Waals surface area contributed by atoms with Crippen LogP contribution in [0.2, 0.25) is 0 Å². The highest BCUT2D eigenvalue weighted by atomic mass is 32.1. The van der Waals surface area contributed by atoms with Crippen molar-refractivity contribution in [3.05, 3.63) is 22.4 Å². The van der Waals surface area contributed by atoms with E-state index in [9.17, 15) is 0 Å². The first-order valence-corrected chi connectivity index (χ1v) is 7.19. The molecule has 0 bridgehead atoms. The lowest BCUT2D eigenvalue weighted by Crippen LogP contribution is -1.87. The van der Waals surface area contributed by atoms with Gasteiger partial charge in [0, 0.05) is 4.88 Å². The fourth-order valence-electron chi connectivity index (χ4n) is 1.84. The van der Waals surface area contributed by atoms with E-state index in [0.717, 1.165) is 5.92 Å². The van der Waals surface area contributed by atoms with Crippen LogP contribution in [0.3, 0.4) is 0 Å². The fraction of sp³-hybridized carbons (Fsp3) is 0.714. The molecule has 15 heavy (non-hydrogen) atoms. The van der Waals surface area contributed by atoms with Gasteiger partial charge >= 0.3 is 0 Å². The molecular formula is C14H24S. The van der Waals surface area contributed by atoms with Crippen LogP contribution in [0.5, 0.6) is 0 Å². The summed E-state index contributed by atoms with van der Waals surface area (Å²) >= 11 is 1.90. The number of hydrogen-bond donors (Lipinski definition) is 0. The van der Waals surface area contributed by atoms with Gasteiger partial charge in [-0.05, 0) is 30.2 Å². The van der Waals surface area contributed by atoms with E-state index < -0.39 is 0 Å². The molecule has 1 aromatic heterocycles. The highest BCUT2D eigenvalue weighted by Crippen LogP contribution is 2.15. The lowest BCUT2D eigenvalue weighted by molar-refractivity contribution is 0.515. The molecule has 0 spiro atoms. The molecule has 0 aliphatic carbocycles. The Morgan fingerprint density at radius 1 is 1.07 bits per heavy atom. The molecular weight excluding hydrogens is 200 g/mol. The highest BCUT2D eigenvalue weighted by Gasteiger charge is 1.96. The molecule has 0 unspecified atom stereocenters. The molecule has 1 heterocycles. The molecule has 0 saturated heterocycles. The zero-order valence-corrected chi connectivity index (χ0v) is 11.0. The van der Waals surface area contributed by atoms with Gasteiger partial charge in [-0.15, -0.1) is 11.3 Å².